The van der Waals surface area contributed by atoms with Crippen LogP contribution in [0.15, 0.2) is 22.8 Å². The zero-order valence-corrected chi connectivity index (χ0v) is 15.2. The van der Waals surface area contributed by atoms with E-state index < -0.39 is 5.60 Å². The van der Waals surface area contributed by atoms with Gasteiger partial charge in [0.05, 0.1) is 5.92 Å². The van der Waals surface area contributed by atoms with Crippen LogP contribution >= 0.6 is 15.9 Å². The first-order valence-corrected chi connectivity index (χ1v) is 8.44. The summed E-state index contributed by atoms with van der Waals surface area (Å²) in [5.74, 6) is 0.125. The highest BCUT2D eigenvalue weighted by atomic mass is 79.9. The van der Waals surface area contributed by atoms with E-state index in [4.69, 9.17) is 4.74 Å². The molecule has 126 valence electrons. The van der Waals surface area contributed by atoms with Crippen molar-refractivity contribution in [3.05, 3.63) is 22.8 Å². The fraction of sp³-hybridized carbons (Fsp3) is 0.562. The predicted octanol–water partition coefficient (Wildman–Crippen LogP) is 3.43. The number of rotatable bonds is 2. The van der Waals surface area contributed by atoms with Gasteiger partial charge in [0.15, 0.2) is 0 Å². The maximum absolute atomic E-state index is 12.4. The van der Waals surface area contributed by atoms with E-state index >= 15 is 0 Å². The second-order valence-corrected chi connectivity index (χ2v) is 7.53. The van der Waals surface area contributed by atoms with E-state index in [0.717, 1.165) is 17.3 Å². The quantitative estimate of drug-likeness (QED) is 0.848. The molecule has 0 aromatic carbocycles. The second kappa shape index (κ2) is 7.29. The molecule has 0 unspecified atom stereocenters. The number of nitrogens with zero attached hydrogens (tertiary/aromatic N) is 2. The summed E-state index contributed by atoms with van der Waals surface area (Å²) in [6.45, 7) is 6.48. The molecule has 7 heteroatoms. The first-order chi connectivity index (χ1) is 10.7. The Labute approximate surface area is 144 Å². The van der Waals surface area contributed by atoms with Crippen LogP contribution in [0.1, 0.15) is 33.6 Å². The lowest BCUT2D eigenvalue weighted by Crippen LogP contribution is -2.45. The van der Waals surface area contributed by atoms with Gasteiger partial charge in [-0.2, -0.15) is 0 Å². The minimum Gasteiger partial charge on any atom is -0.444 e. The Morgan fingerprint density at radius 3 is 2.83 bits per heavy atom. The smallest absolute Gasteiger partial charge is 0.410 e. The second-order valence-electron chi connectivity index (χ2n) is 6.61. The standard InChI is InChI=1S/C16H22BrN3O3/c1-16(2,3)23-15(22)20-8-4-5-11(10-20)14(21)19-13-9-12(17)6-7-18-13/h6-7,9,11H,4-5,8,10H2,1-3H3,(H,18,19,21)/t11-/m1/s1. The lowest BCUT2D eigenvalue weighted by Gasteiger charge is -2.33. The molecule has 2 rings (SSSR count). The minimum atomic E-state index is -0.535. The Hall–Kier alpha value is -1.63. The van der Waals surface area contributed by atoms with Crippen molar-refractivity contribution >= 4 is 33.7 Å². The zero-order chi connectivity index (χ0) is 17.0. The van der Waals surface area contributed by atoms with Gasteiger partial charge in [0.2, 0.25) is 5.91 Å². The molecule has 0 aliphatic carbocycles. The number of carbonyl (C=O) groups is 2. The van der Waals surface area contributed by atoms with Crippen LogP contribution in [0, 0.1) is 5.92 Å². The molecule has 2 heterocycles. The number of ether oxygens (including phenoxy) is 1. The predicted molar refractivity (Wildman–Crippen MR) is 91.1 cm³/mol. The largest absolute Gasteiger partial charge is 0.444 e. The molecule has 2 amide bonds. The SMILES string of the molecule is CC(C)(C)OC(=O)N1CCC[C@@H](C(=O)Nc2cc(Br)ccn2)C1. The summed E-state index contributed by atoms with van der Waals surface area (Å²) < 4.78 is 6.22. The van der Waals surface area contributed by atoms with Crippen molar-refractivity contribution in [1.29, 1.82) is 0 Å². The first kappa shape index (κ1) is 17.7. The summed E-state index contributed by atoms with van der Waals surface area (Å²) >= 11 is 3.34. The Morgan fingerprint density at radius 1 is 1.43 bits per heavy atom. The van der Waals surface area contributed by atoms with Gasteiger partial charge in [-0.1, -0.05) is 15.9 Å². The summed E-state index contributed by atoms with van der Waals surface area (Å²) in [7, 11) is 0. The molecule has 0 radical (unpaired) electrons. The van der Waals surface area contributed by atoms with Crippen molar-refractivity contribution in [2.45, 2.75) is 39.2 Å². The number of anilines is 1. The van der Waals surface area contributed by atoms with E-state index in [1.807, 2.05) is 20.8 Å². The van der Waals surface area contributed by atoms with Gasteiger partial charge in [-0.15, -0.1) is 0 Å². The van der Waals surface area contributed by atoms with Gasteiger partial charge in [0, 0.05) is 23.8 Å². The molecular formula is C16H22BrN3O3. The summed E-state index contributed by atoms with van der Waals surface area (Å²) in [5.41, 5.74) is -0.535. The Bertz CT molecular complexity index is 586. The van der Waals surface area contributed by atoms with Crippen LogP contribution in [0.5, 0.6) is 0 Å². The molecule has 1 aromatic rings. The van der Waals surface area contributed by atoms with Gasteiger partial charge in [-0.05, 0) is 45.7 Å². The van der Waals surface area contributed by atoms with E-state index in [2.05, 4.69) is 26.2 Å². The lowest BCUT2D eigenvalue weighted by atomic mass is 9.97. The van der Waals surface area contributed by atoms with Gasteiger partial charge in [-0.3, -0.25) is 4.79 Å². The number of pyridine rings is 1. The van der Waals surface area contributed by atoms with Gasteiger partial charge in [-0.25, -0.2) is 9.78 Å². The molecular weight excluding hydrogens is 362 g/mol. The van der Waals surface area contributed by atoms with Crippen molar-refractivity contribution in [2.24, 2.45) is 5.92 Å². The summed E-state index contributed by atoms with van der Waals surface area (Å²) in [4.78, 5) is 30.2. The van der Waals surface area contributed by atoms with Crippen LogP contribution in [0.2, 0.25) is 0 Å². The van der Waals surface area contributed by atoms with E-state index in [1.165, 1.54) is 0 Å². The average molecular weight is 384 g/mol. The molecule has 1 N–H and O–H groups in total. The first-order valence-electron chi connectivity index (χ1n) is 7.65. The highest BCUT2D eigenvalue weighted by Crippen LogP contribution is 2.21. The maximum atomic E-state index is 12.4. The molecule has 1 atom stereocenters. The highest BCUT2D eigenvalue weighted by Gasteiger charge is 2.31. The molecule has 0 bridgehead atoms. The molecule has 0 spiro atoms. The normalized spacial score (nSPS) is 18.4. The molecule has 1 aliphatic heterocycles. The number of halogens is 1. The third-order valence-corrected chi connectivity index (χ3v) is 3.91. The molecule has 0 saturated carbocycles. The number of hydrogen-bond donors (Lipinski definition) is 1. The maximum Gasteiger partial charge on any atom is 0.410 e. The zero-order valence-electron chi connectivity index (χ0n) is 13.6. The van der Waals surface area contributed by atoms with Gasteiger partial charge in [0.1, 0.15) is 11.4 Å². The molecule has 23 heavy (non-hydrogen) atoms. The molecule has 1 aromatic heterocycles. The fourth-order valence-corrected chi connectivity index (χ4v) is 2.72. The number of carbonyl (C=O) groups excluding carboxylic acids is 2. The Morgan fingerprint density at radius 2 is 2.17 bits per heavy atom. The Balaban J connectivity index is 1.95. The number of piperidine rings is 1. The van der Waals surface area contributed by atoms with E-state index in [-0.39, 0.29) is 17.9 Å². The van der Waals surface area contributed by atoms with Crippen molar-refractivity contribution in [3.63, 3.8) is 0 Å². The van der Waals surface area contributed by atoms with Crippen molar-refractivity contribution in [2.75, 3.05) is 18.4 Å². The van der Waals surface area contributed by atoms with Crippen LogP contribution in [0.4, 0.5) is 10.6 Å². The number of amides is 2. The van der Waals surface area contributed by atoms with Crippen LogP contribution in [0.3, 0.4) is 0 Å². The van der Waals surface area contributed by atoms with Gasteiger partial charge < -0.3 is 15.0 Å². The monoisotopic (exact) mass is 383 g/mol. The van der Waals surface area contributed by atoms with Crippen LogP contribution < -0.4 is 5.32 Å². The van der Waals surface area contributed by atoms with E-state index in [1.54, 1.807) is 23.2 Å². The van der Waals surface area contributed by atoms with Crippen LogP contribution in [-0.2, 0) is 9.53 Å². The highest BCUT2D eigenvalue weighted by molar-refractivity contribution is 9.10. The van der Waals surface area contributed by atoms with Crippen molar-refractivity contribution in [1.82, 2.24) is 9.88 Å². The Kier molecular flexibility index (Phi) is 5.62. The number of nitrogens with one attached hydrogen (secondary N) is 1. The lowest BCUT2D eigenvalue weighted by molar-refractivity contribution is -0.121. The van der Waals surface area contributed by atoms with Crippen LogP contribution in [0.25, 0.3) is 0 Å². The number of hydrogen-bond acceptors (Lipinski definition) is 4. The number of likely N-dealkylation sites (tertiary alicyclic amines) is 1. The summed E-state index contributed by atoms with van der Waals surface area (Å²) in [6, 6.07) is 3.53. The van der Waals surface area contributed by atoms with Crippen LogP contribution in [-0.4, -0.2) is 40.6 Å². The van der Waals surface area contributed by atoms with Crippen molar-refractivity contribution in [3.8, 4) is 0 Å². The number of aromatic nitrogens is 1. The molecule has 6 nitrogen and oxygen atoms in total. The third kappa shape index (κ3) is 5.49. The van der Waals surface area contributed by atoms with Gasteiger partial charge >= 0.3 is 6.09 Å². The minimum absolute atomic E-state index is 0.121. The summed E-state index contributed by atoms with van der Waals surface area (Å²) in [6.07, 6.45) is 2.78. The molecule has 1 fully saturated rings. The average Bonchev–Trinajstić information content (AvgIpc) is 2.45. The van der Waals surface area contributed by atoms with Crippen molar-refractivity contribution < 1.29 is 14.3 Å². The third-order valence-electron chi connectivity index (χ3n) is 3.42. The van der Waals surface area contributed by atoms with Gasteiger partial charge in [0.25, 0.3) is 0 Å². The molecule has 1 aliphatic rings. The fourth-order valence-electron chi connectivity index (χ4n) is 2.38. The van der Waals surface area contributed by atoms with E-state index in [0.29, 0.717) is 18.9 Å². The van der Waals surface area contributed by atoms with E-state index in [9.17, 15) is 9.59 Å². The topological polar surface area (TPSA) is 71.5 Å². The summed E-state index contributed by atoms with van der Waals surface area (Å²) in [5, 5.41) is 2.80. The molecule has 1 saturated heterocycles.